The van der Waals surface area contributed by atoms with Crippen LogP contribution in [0.1, 0.15) is 32.1 Å². The van der Waals surface area contributed by atoms with Gasteiger partial charge < -0.3 is 15.5 Å². The van der Waals surface area contributed by atoms with E-state index in [9.17, 15) is 4.79 Å². The molecule has 2 aliphatic rings. The van der Waals surface area contributed by atoms with E-state index in [0.29, 0.717) is 18.6 Å². The van der Waals surface area contributed by atoms with Crippen LogP contribution in [-0.2, 0) is 4.79 Å². The Morgan fingerprint density at radius 3 is 2.62 bits per heavy atom. The van der Waals surface area contributed by atoms with Gasteiger partial charge >= 0.3 is 0 Å². The maximum atomic E-state index is 11.7. The van der Waals surface area contributed by atoms with Gasteiger partial charge in [0.25, 0.3) is 0 Å². The van der Waals surface area contributed by atoms with Crippen LogP contribution in [0.25, 0.3) is 0 Å². The van der Waals surface area contributed by atoms with Crippen molar-refractivity contribution in [3.63, 3.8) is 0 Å². The fourth-order valence-corrected chi connectivity index (χ4v) is 2.70. The van der Waals surface area contributed by atoms with Crippen molar-refractivity contribution in [2.45, 2.75) is 44.2 Å². The van der Waals surface area contributed by atoms with Crippen LogP contribution in [0.5, 0.6) is 0 Å². The zero-order valence-corrected chi connectivity index (χ0v) is 10.2. The van der Waals surface area contributed by atoms with E-state index in [2.05, 4.69) is 22.6 Å². The molecule has 1 heterocycles. The minimum absolute atomic E-state index is 0.159. The summed E-state index contributed by atoms with van der Waals surface area (Å²) < 4.78 is 0. The normalized spacial score (nSPS) is 27.4. The van der Waals surface area contributed by atoms with Crippen molar-refractivity contribution in [3.05, 3.63) is 0 Å². The molecule has 0 spiro atoms. The van der Waals surface area contributed by atoms with Gasteiger partial charge in [-0.15, -0.1) is 0 Å². The number of likely N-dealkylation sites (tertiary alicyclic amines) is 1. The molecule has 16 heavy (non-hydrogen) atoms. The highest BCUT2D eigenvalue weighted by molar-refractivity contribution is 5.78. The summed E-state index contributed by atoms with van der Waals surface area (Å²) in [5.74, 6) is 0.159. The number of rotatable bonds is 4. The monoisotopic (exact) mass is 225 g/mol. The molecule has 1 saturated carbocycles. The van der Waals surface area contributed by atoms with Gasteiger partial charge in [0, 0.05) is 18.6 Å². The average Bonchev–Trinajstić information content (AvgIpc) is 2.87. The Kier molecular flexibility index (Phi) is 4.18. The summed E-state index contributed by atoms with van der Waals surface area (Å²) in [6.07, 6.45) is 6.18. The molecule has 1 aliphatic heterocycles. The Morgan fingerprint density at radius 1 is 1.25 bits per heavy atom. The molecule has 1 atom stereocenters. The molecule has 0 aromatic heterocycles. The molecule has 0 bridgehead atoms. The van der Waals surface area contributed by atoms with Gasteiger partial charge in [0.1, 0.15) is 0 Å². The van der Waals surface area contributed by atoms with E-state index in [0.717, 1.165) is 19.5 Å². The standard InChI is InChI=1S/C12H23N3O/c1-15-7-6-11(9-15)14-12(16)8-13-10-4-2-3-5-10/h10-11,13H,2-9H2,1H3,(H,14,16). The van der Waals surface area contributed by atoms with Crippen molar-refractivity contribution in [1.82, 2.24) is 15.5 Å². The van der Waals surface area contributed by atoms with Crippen molar-refractivity contribution >= 4 is 5.91 Å². The molecule has 0 aromatic rings. The molecular weight excluding hydrogens is 202 g/mol. The van der Waals surface area contributed by atoms with Gasteiger partial charge in [-0.1, -0.05) is 12.8 Å². The number of nitrogens with zero attached hydrogens (tertiary/aromatic N) is 1. The highest BCUT2D eigenvalue weighted by Gasteiger charge is 2.21. The molecule has 0 radical (unpaired) electrons. The summed E-state index contributed by atoms with van der Waals surface area (Å²) in [5.41, 5.74) is 0. The third-order valence-electron chi connectivity index (χ3n) is 3.66. The van der Waals surface area contributed by atoms with Crippen LogP contribution < -0.4 is 10.6 Å². The number of likely N-dealkylation sites (N-methyl/N-ethyl adjacent to an activating group) is 1. The summed E-state index contributed by atoms with van der Waals surface area (Å²) >= 11 is 0. The molecule has 0 aromatic carbocycles. The molecule has 1 unspecified atom stereocenters. The van der Waals surface area contributed by atoms with Gasteiger partial charge in [-0.25, -0.2) is 0 Å². The Labute approximate surface area is 97.8 Å². The first-order chi connectivity index (χ1) is 7.74. The van der Waals surface area contributed by atoms with Crippen molar-refractivity contribution < 1.29 is 4.79 Å². The Bertz CT molecular complexity index is 238. The van der Waals surface area contributed by atoms with Crippen molar-refractivity contribution in [2.24, 2.45) is 0 Å². The SMILES string of the molecule is CN1CCC(NC(=O)CNC2CCCC2)C1. The van der Waals surface area contributed by atoms with Crippen LogP contribution in [0.3, 0.4) is 0 Å². The van der Waals surface area contributed by atoms with Gasteiger partial charge in [-0.3, -0.25) is 4.79 Å². The topological polar surface area (TPSA) is 44.4 Å². The van der Waals surface area contributed by atoms with Crippen LogP contribution in [0.2, 0.25) is 0 Å². The van der Waals surface area contributed by atoms with E-state index in [1.165, 1.54) is 25.7 Å². The van der Waals surface area contributed by atoms with Gasteiger partial charge in [0.2, 0.25) is 5.91 Å². The largest absolute Gasteiger partial charge is 0.351 e. The van der Waals surface area contributed by atoms with E-state index in [1.807, 2.05) is 0 Å². The number of nitrogens with one attached hydrogen (secondary N) is 2. The van der Waals surface area contributed by atoms with Gasteiger partial charge in [-0.2, -0.15) is 0 Å². The summed E-state index contributed by atoms with van der Waals surface area (Å²) in [4.78, 5) is 13.9. The fraction of sp³-hybridized carbons (Fsp3) is 0.917. The Morgan fingerprint density at radius 2 is 2.00 bits per heavy atom. The van der Waals surface area contributed by atoms with Crippen molar-refractivity contribution in [2.75, 3.05) is 26.7 Å². The van der Waals surface area contributed by atoms with E-state index >= 15 is 0 Å². The molecule has 1 saturated heterocycles. The van der Waals surface area contributed by atoms with Crippen molar-refractivity contribution in [3.8, 4) is 0 Å². The number of hydrogen-bond acceptors (Lipinski definition) is 3. The van der Waals surface area contributed by atoms with Crippen LogP contribution in [-0.4, -0.2) is 49.6 Å². The van der Waals surface area contributed by atoms with E-state index in [4.69, 9.17) is 0 Å². The summed E-state index contributed by atoms with van der Waals surface area (Å²) in [5, 5.41) is 6.43. The van der Waals surface area contributed by atoms with Gasteiger partial charge in [0.15, 0.2) is 0 Å². The quantitative estimate of drug-likeness (QED) is 0.725. The van der Waals surface area contributed by atoms with Crippen molar-refractivity contribution in [1.29, 1.82) is 0 Å². The van der Waals surface area contributed by atoms with Gasteiger partial charge in [0.05, 0.1) is 6.54 Å². The third kappa shape index (κ3) is 3.46. The molecule has 4 heteroatoms. The lowest BCUT2D eigenvalue weighted by Gasteiger charge is -2.15. The molecular formula is C12H23N3O. The molecule has 1 aliphatic carbocycles. The second-order valence-electron chi connectivity index (χ2n) is 5.18. The first kappa shape index (κ1) is 11.9. The second kappa shape index (κ2) is 5.64. The van der Waals surface area contributed by atoms with Crippen LogP contribution in [0.4, 0.5) is 0 Å². The highest BCUT2D eigenvalue weighted by atomic mass is 16.2. The predicted octanol–water partition coefficient (Wildman–Crippen LogP) is 0.339. The minimum atomic E-state index is 0.159. The van der Waals surface area contributed by atoms with Crippen LogP contribution in [0.15, 0.2) is 0 Å². The fourth-order valence-electron chi connectivity index (χ4n) is 2.70. The van der Waals surface area contributed by atoms with Crippen LogP contribution in [0, 0.1) is 0 Å². The maximum Gasteiger partial charge on any atom is 0.234 e. The lowest BCUT2D eigenvalue weighted by molar-refractivity contribution is -0.121. The molecule has 2 fully saturated rings. The third-order valence-corrected chi connectivity index (χ3v) is 3.66. The van der Waals surface area contributed by atoms with E-state index in [-0.39, 0.29) is 5.91 Å². The average molecular weight is 225 g/mol. The minimum Gasteiger partial charge on any atom is -0.351 e. The van der Waals surface area contributed by atoms with E-state index < -0.39 is 0 Å². The summed E-state index contributed by atoms with van der Waals surface area (Å²) in [6.45, 7) is 2.58. The maximum absolute atomic E-state index is 11.7. The number of carbonyl (C=O) groups excluding carboxylic acids is 1. The first-order valence-electron chi connectivity index (χ1n) is 6.45. The first-order valence-corrected chi connectivity index (χ1v) is 6.45. The van der Waals surface area contributed by atoms with E-state index in [1.54, 1.807) is 0 Å². The highest BCUT2D eigenvalue weighted by Crippen LogP contribution is 2.17. The number of carbonyl (C=O) groups is 1. The lowest BCUT2D eigenvalue weighted by Crippen LogP contribution is -2.43. The summed E-state index contributed by atoms with van der Waals surface area (Å²) in [6, 6.07) is 0.944. The smallest absolute Gasteiger partial charge is 0.234 e. The number of amides is 1. The number of hydrogen-bond donors (Lipinski definition) is 2. The Hall–Kier alpha value is -0.610. The molecule has 92 valence electrons. The Balaban J connectivity index is 1.60. The molecule has 2 N–H and O–H groups in total. The zero-order valence-electron chi connectivity index (χ0n) is 10.2. The molecule has 1 amide bonds. The second-order valence-corrected chi connectivity index (χ2v) is 5.18. The lowest BCUT2D eigenvalue weighted by atomic mass is 10.2. The predicted molar refractivity (Wildman–Crippen MR) is 64.3 cm³/mol. The molecule has 4 nitrogen and oxygen atoms in total. The van der Waals surface area contributed by atoms with Crippen LogP contribution >= 0.6 is 0 Å². The summed E-state index contributed by atoms with van der Waals surface area (Å²) in [7, 11) is 2.10. The van der Waals surface area contributed by atoms with Gasteiger partial charge in [-0.05, 0) is 32.9 Å². The zero-order chi connectivity index (χ0) is 11.4. The molecule has 2 rings (SSSR count).